The number of amides is 2. The van der Waals surface area contributed by atoms with E-state index in [1.54, 1.807) is 36.1 Å². The number of hydrogen-bond acceptors (Lipinski definition) is 3. The van der Waals surface area contributed by atoms with Crippen LogP contribution >= 0.6 is 11.6 Å². The van der Waals surface area contributed by atoms with Crippen molar-refractivity contribution in [3.05, 3.63) is 65.2 Å². The molecule has 0 aliphatic heterocycles. The first-order chi connectivity index (χ1) is 14.4. The van der Waals surface area contributed by atoms with Gasteiger partial charge in [-0.25, -0.2) is 0 Å². The van der Waals surface area contributed by atoms with Crippen molar-refractivity contribution in [1.82, 2.24) is 10.2 Å². The lowest BCUT2D eigenvalue weighted by molar-refractivity contribution is -0.140. The zero-order valence-electron chi connectivity index (χ0n) is 17.9. The topological polar surface area (TPSA) is 58.6 Å². The Morgan fingerprint density at radius 2 is 1.70 bits per heavy atom. The van der Waals surface area contributed by atoms with Gasteiger partial charge in [0.15, 0.2) is 0 Å². The molecule has 0 saturated carbocycles. The molecule has 0 aliphatic carbocycles. The Balaban J connectivity index is 1.94. The van der Waals surface area contributed by atoms with E-state index in [1.807, 2.05) is 44.2 Å². The minimum atomic E-state index is -0.548. The van der Waals surface area contributed by atoms with E-state index >= 15 is 0 Å². The van der Waals surface area contributed by atoms with E-state index in [4.69, 9.17) is 16.3 Å². The smallest absolute Gasteiger partial charge is 0.242 e. The Kier molecular flexibility index (Phi) is 9.68. The molecule has 2 aromatic carbocycles. The summed E-state index contributed by atoms with van der Waals surface area (Å²) in [5.41, 5.74) is 0.992. The summed E-state index contributed by atoms with van der Waals surface area (Å²) >= 11 is 5.87. The third-order valence-corrected chi connectivity index (χ3v) is 4.92. The van der Waals surface area contributed by atoms with Crippen molar-refractivity contribution in [3.63, 3.8) is 0 Å². The van der Waals surface area contributed by atoms with Crippen LogP contribution in [0.15, 0.2) is 54.6 Å². The molecule has 2 aromatic rings. The van der Waals surface area contributed by atoms with Crippen LogP contribution in [-0.4, -0.2) is 35.9 Å². The summed E-state index contributed by atoms with van der Waals surface area (Å²) in [6.07, 6.45) is 0.870. The largest absolute Gasteiger partial charge is 0.494 e. The van der Waals surface area contributed by atoms with Gasteiger partial charge < -0.3 is 15.0 Å². The first-order valence-electron chi connectivity index (χ1n) is 10.4. The molecule has 0 saturated heterocycles. The van der Waals surface area contributed by atoms with Crippen LogP contribution in [0.2, 0.25) is 5.02 Å². The van der Waals surface area contributed by atoms with E-state index in [-0.39, 0.29) is 11.8 Å². The lowest BCUT2D eigenvalue weighted by Gasteiger charge is -2.29. The Morgan fingerprint density at radius 3 is 2.33 bits per heavy atom. The van der Waals surface area contributed by atoms with Crippen LogP contribution < -0.4 is 10.1 Å². The number of nitrogens with zero attached hydrogens (tertiary/aromatic N) is 1. The molecule has 6 heteroatoms. The summed E-state index contributed by atoms with van der Waals surface area (Å²) in [4.78, 5) is 27.2. The predicted molar refractivity (Wildman–Crippen MR) is 120 cm³/mol. The number of hydrogen-bond donors (Lipinski definition) is 1. The van der Waals surface area contributed by atoms with E-state index in [0.29, 0.717) is 43.5 Å². The number of carbonyl (C=O) groups excluding carboxylic acids is 2. The monoisotopic (exact) mass is 430 g/mol. The fourth-order valence-electron chi connectivity index (χ4n) is 2.90. The average molecular weight is 431 g/mol. The lowest BCUT2D eigenvalue weighted by Crippen LogP contribution is -2.48. The summed E-state index contributed by atoms with van der Waals surface area (Å²) in [5, 5.41) is 3.58. The molecule has 0 radical (unpaired) electrons. The van der Waals surface area contributed by atoms with Gasteiger partial charge in [0.2, 0.25) is 11.8 Å². The number of rotatable bonds is 11. The van der Waals surface area contributed by atoms with Crippen molar-refractivity contribution in [2.24, 2.45) is 5.92 Å². The standard InChI is InChI=1S/C24H31ClN2O3/c1-18(2)16-26-24(29)19(3)27(17-20-8-5-4-6-9-20)23(28)10-7-15-30-22-13-11-21(25)12-14-22/h4-6,8-9,11-14,18-19H,7,10,15-17H2,1-3H3,(H,26,29)/t19-/m0/s1. The normalized spacial score (nSPS) is 11.8. The highest BCUT2D eigenvalue weighted by atomic mass is 35.5. The second-order valence-electron chi connectivity index (χ2n) is 7.73. The summed E-state index contributed by atoms with van der Waals surface area (Å²) in [6.45, 7) is 7.26. The minimum absolute atomic E-state index is 0.0641. The molecule has 0 aromatic heterocycles. The Bertz CT molecular complexity index is 794. The van der Waals surface area contributed by atoms with Crippen molar-refractivity contribution in [1.29, 1.82) is 0 Å². The van der Waals surface area contributed by atoms with Gasteiger partial charge in [-0.2, -0.15) is 0 Å². The molecule has 1 N–H and O–H groups in total. The molecular formula is C24H31ClN2O3. The van der Waals surface area contributed by atoms with E-state index < -0.39 is 6.04 Å². The fraction of sp³-hybridized carbons (Fsp3) is 0.417. The predicted octanol–water partition coefficient (Wildman–Crippen LogP) is 4.69. The second kappa shape index (κ2) is 12.2. The van der Waals surface area contributed by atoms with Gasteiger partial charge in [0.05, 0.1) is 6.61 Å². The van der Waals surface area contributed by atoms with Crippen molar-refractivity contribution in [2.75, 3.05) is 13.2 Å². The molecule has 0 unspecified atom stereocenters. The van der Waals surface area contributed by atoms with Gasteiger partial charge in [0, 0.05) is 24.5 Å². The van der Waals surface area contributed by atoms with Gasteiger partial charge in [-0.15, -0.1) is 0 Å². The molecule has 2 amide bonds. The third kappa shape index (κ3) is 8.07. The Hall–Kier alpha value is -2.53. The maximum atomic E-state index is 13.0. The fourth-order valence-corrected chi connectivity index (χ4v) is 3.03. The molecule has 2 rings (SSSR count). The zero-order chi connectivity index (χ0) is 21.9. The number of nitrogens with one attached hydrogen (secondary N) is 1. The Labute approximate surface area is 184 Å². The highest BCUT2D eigenvalue weighted by molar-refractivity contribution is 6.30. The Morgan fingerprint density at radius 1 is 1.03 bits per heavy atom. The van der Waals surface area contributed by atoms with Gasteiger partial charge in [0.25, 0.3) is 0 Å². The van der Waals surface area contributed by atoms with Crippen LogP contribution in [0.5, 0.6) is 5.75 Å². The van der Waals surface area contributed by atoms with Crippen molar-refractivity contribution in [2.45, 2.75) is 46.2 Å². The molecular weight excluding hydrogens is 400 g/mol. The van der Waals surface area contributed by atoms with Gasteiger partial charge in [-0.05, 0) is 49.1 Å². The van der Waals surface area contributed by atoms with Crippen LogP contribution in [0.25, 0.3) is 0 Å². The SMILES string of the molecule is CC(C)CNC(=O)[C@H](C)N(Cc1ccccc1)C(=O)CCCOc1ccc(Cl)cc1. The second-order valence-corrected chi connectivity index (χ2v) is 8.16. The molecule has 0 aliphatic rings. The molecule has 0 heterocycles. The van der Waals surface area contributed by atoms with E-state index in [1.165, 1.54) is 0 Å². The first kappa shape index (κ1) is 23.7. The van der Waals surface area contributed by atoms with Gasteiger partial charge >= 0.3 is 0 Å². The number of carbonyl (C=O) groups is 2. The average Bonchev–Trinajstić information content (AvgIpc) is 2.74. The van der Waals surface area contributed by atoms with Gasteiger partial charge in [-0.3, -0.25) is 9.59 Å². The highest BCUT2D eigenvalue weighted by Crippen LogP contribution is 2.16. The van der Waals surface area contributed by atoms with Crippen molar-refractivity contribution in [3.8, 4) is 5.75 Å². The molecule has 5 nitrogen and oxygen atoms in total. The number of benzene rings is 2. The molecule has 0 fully saturated rings. The van der Waals surface area contributed by atoms with Gasteiger partial charge in [-0.1, -0.05) is 55.8 Å². The third-order valence-electron chi connectivity index (χ3n) is 4.66. The van der Waals surface area contributed by atoms with E-state index in [0.717, 1.165) is 11.3 Å². The summed E-state index contributed by atoms with van der Waals surface area (Å²) < 4.78 is 5.67. The maximum absolute atomic E-state index is 13.0. The van der Waals surface area contributed by atoms with Crippen LogP contribution in [0, 0.1) is 5.92 Å². The first-order valence-corrected chi connectivity index (χ1v) is 10.7. The van der Waals surface area contributed by atoms with Crippen molar-refractivity contribution < 1.29 is 14.3 Å². The molecule has 30 heavy (non-hydrogen) atoms. The number of halogens is 1. The summed E-state index contributed by atoms with van der Waals surface area (Å²) in [7, 11) is 0. The summed E-state index contributed by atoms with van der Waals surface area (Å²) in [5.74, 6) is 0.870. The van der Waals surface area contributed by atoms with E-state index in [2.05, 4.69) is 5.32 Å². The molecule has 0 bridgehead atoms. The van der Waals surface area contributed by atoms with Crippen LogP contribution in [0.3, 0.4) is 0 Å². The molecule has 0 spiro atoms. The summed E-state index contributed by atoms with van der Waals surface area (Å²) in [6, 6.07) is 16.3. The zero-order valence-corrected chi connectivity index (χ0v) is 18.7. The number of ether oxygens (including phenoxy) is 1. The van der Waals surface area contributed by atoms with E-state index in [9.17, 15) is 9.59 Å². The van der Waals surface area contributed by atoms with Crippen molar-refractivity contribution >= 4 is 23.4 Å². The maximum Gasteiger partial charge on any atom is 0.242 e. The quantitative estimate of drug-likeness (QED) is 0.526. The molecule has 1 atom stereocenters. The van der Waals surface area contributed by atoms with Crippen LogP contribution in [-0.2, 0) is 16.1 Å². The van der Waals surface area contributed by atoms with Crippen LogP contribution in [0.4, 0.5) is 0 Å². The van der Waals surface area contributed by atoms with Crippen LogP contribution in [0.1, 0.15) is 39.2 Å². The minimum Gasteiger partial charge on any atom is -0.494 e. The molecule has 162 valence electrons. The van der Waals surface area contributed by atoms with Gasteiger partial charge in [0.1, 0.15) is 11.8 Å². The highest BCUT2D eigenvalue weighted by Gasteiger charge is 2.25. The lowest BCUT2D eigenvalue weighted by atomic mass is 10.1.